The van der Waals surface area contributed by atoms with Crippen LogP contribution in [0.25, 0.3) is 10.8 Å². The molecule has 1 saturated heterocycles. The van der Waals surface area contributed by atoms with Crippen LogP contribution in [0.15, 0.2) is 43.1 Å². The van der Waals surface area contributed by atoms with Gasteiger partial charge in [0.2, 0.25) is 17.7 Å². The molecule has 2 saturated carbocycles. The molecule has 15 nitrogen and oxygen atoms in total. The maximum absolute atomic E-state index is 14.7. The van der Waals surface area contributed by atoms with Crippen molar-refractivity contribution in [1.29, 1.82) is 0 Å². The molecule has 0 bridgehead atoms. The van der Waals surface area contributed by atoms with Crippen LogP contribution < -0.4 is 14.2 Å². The number of carbonyl (C=O) groups excluding carboxylic acids is 4. The number of fused-ring (bicyclic) bond motifs is 1. The summed E-state index contributed by atoms with van der Waals surface area (Å²) in [5.74, 6) is -4.33. The normalized spacial score (nSPS) is 23.7. The van der Waals surface area contributed by atoms with Gasteiger partial charge in [-0.3, -0.25) is 23.4 Å². The number of nitrogens with zero attached hydrogens (tertiary/aromatic N) is 2. The van der Waals surface area contributed by atoms with Crippen molar-refractivity contribution in [2.75, 3.05) is 19.9 Å². The van der Waals surface area contributed by atoms with Gasteiger partial charge in [-0.2, -0.15) is 8.42 Å². The van der Waals surface area contributed by atoms with Gasteiger partial charge in [-0.05, 0) is 89.5 Å². The lowest BCUT2D eigenvalue weighted by atomic mass is 9.88. The Morgan fingerprint density at radius 1 is 1.07 bits per heavy atom. The van der Waals surface area contributed by atoms with Crippen molar-refractivity contribution in [3.05, 3.63) is 43.1 Å². The molecule has 2 amide bonds. The minimum Gasteiger partial charge on any atom is -0.497 e. The number of hydrogen-bond acceptors (Lipinski definition) is 13. The predicted molar refractivity (Wildman–Crippen MR) is 197 cm³/mol. The van der Waals surface area contributed by atoms with E-state index in [9.17, 15) is 36.0 Å². The molecule has 0 spiro atoms. The van der Waals surface area contributed by atoms with Crippen LogP contribution >= 0.6 is 0 Å². The fraction of sp³-hybridized carbons (Fsp3) is 0.595. The Morgan fingerprint density at radius 3 is 2.33 bits per heavy atom. The number of carbonyl (C=O) groups is 4. The highest BCUT2D eigenvalue weighted by Crippen LogP contribution is 2.57. The Balaban J connectivity index is 1.49. The largest absolute Gasteiger partial charge is 0.497 e. The number of esters is 1. The van der Waals surface area contributed by atoms with Crippen molar-refractivity contribution in [3.8, 4) is 11.6 Å². The molecule has 1 N–H and O–H groups in total. The minimum absolute atomic E-state index is 0.0726. The summed E-state index contributed by atoms with van der Waals surface area (Å²) >= 11 is 0. The second kappa shape index (κ2) is 14.9. The molecule has 2 aliphatic carbocycles. The zero-order valence-electron chi connectivity index (χ0n) is 31.6. The van der Waals surface area contributed by atoms with E-state index in [1.54, 1.807) is 45.0 Å². The van der Waals surface area contributed by atoms with E-state index in [1.807, 2.05) is 4.72 Å². The van der Waals surface area contributed by atoms with Gasteiger partial charge in [-0.15, -0.1) is 6.58 Å². The van der Waals surface area contributed by atoms with Crippen molar-refractivity contribution < 1.29 is 54.4 Å². The molecule has 2 aromatic rings. The third-order valence-corrected chi connectivity index (χ3v) is 13.5. The van der Waals surface area contributed by atoms with Gasteiger partial charge < -0.3 is 19.1 Å². The number of Topliss-reactive ketones (excluding diaryl/α,β-unsaturated/α-hetero) is 1. The molecule has 17 heteroatoms. The lowest BCUT2D eigenvalue weighted by Crippen LogP contribution is -2.53. The van der Waals surface area contributed by atoms with Crippen LogP contribution in [-0.4, -0.2) is 98.8 Å². The number of amides is 2. The van der Waals surface area contributed by atoms with Crippen LogP contribution in [0.4, 0.5) is 0 Å². The molecule has 2 heterocycles. The number of aromatic nitrogens is 1. The van der Waals surface area contributed by atoms with Crippen LogP contribution in [0.1, 0.15) is 73.1 Å². The molecule has 3 fully saturated rings. The average molecular weight is 792 g/mol. The fourth-order valence-electron chi connectivity index (χ4n) is 6.78. The lowest BCUT2D eigenvalue weighted by Gasteiger charge is -2.36. The van der Waals surface area contributed by atoms with E-state index in [4.69, 9.17) is 18.4 Å². The first-order valence-corrected chi connectivity index (χ1v) is 21.0. The zero-order valence-corrected chi connectivity index (χ0v) is 33.3. The number of hydrogen-bond donors (Lipinski definition) is 1. The van der Waals surface area contributed by atoms with Crippen LogP contribution in [0.2, 0.25) is 0 Å². The fourth-order valence-corrected chi connectivity index (χ4v) is 8.51. The van der Waals surface area contributed by atoms with Gasteiger partial charge in [0, 0.05) is 30.7 Å². The van der Waals surface area contributed by atoms with Crippen molar-refractivity contribution in [1.82, 2.24) is 14.6 Å². The highest BCUT2D eigenvalue weighted by atomic mass is 32.2. The smallest absolute Gasteiger partial charge is 0.362 e. The molecule has 54 heavy (non-hydrogen) atoms. The van der Waals surface area contributed by atoms with Crippen molar-refractivity contribution >= 4 is 54.5 Å². The first-order chi connectivity index (χ1) is 25.0. The summed E-state index contributed by atoms with van der Waals surface area (Å²) in [5.41, 5.74) is -2.41. The van der Waals surface area contributed by atoms with Crippen LogP contribution in [-0.2, 0) is 48.2 Å². The Labute approximate surface area is 316 Å². The Hall–Kier alpha value is -4.09. The van der Waals surface area contributed by atoms with E-state index in [0.717, 1.165) is 11.6 Å². The summed E-state index contributed by atoms with van der Waals surface area (Å²) in [6.45, 7) is 11.2. The second-order valence-corrected chi connectivity index (χ2v) is 19.8. The third-order valence-electron chi connectivity index (χ3n) is 10.4. The zero-order chi connectivity index (χ0) is 40.0. The van der Waals surface area contributed by atoms with Gasteiger partial charge in [0.15, 0.2) is 15.6 Å². The van der Waals surface area contributed by atoms with Gasteiger partial charge in [0.1, 0.15) is 17.5 Å². The van der Waals surface area contributed by atoms with E-state index in [1.165, 1.54) is 38.1 Å². The molecule has 1 aliphatic heterocycles. The minimum atomic E-state index is -4.45. The van der Waals surface area contributed by atoms with E-state index in [0.29, 0.717) is 24.0 Å². The molecular weight excluding hydrogens is 743 g/mol. The van der Waals surface area contributed by atoms with Gasteiger partial charge in [-0.25, -0.2) is 18.1 Å². The maximum Gasteiger partial charge on any atom is 0.362 e. The van der Waals surface area contributed by atoms with Gasteiger partial charge in [0.05, 0.1) is 48.3 Å². The van der Waals surface area contributed by atoms with Crippen molar-refractivity contribution in [3.63, 3.8) is 0 Å². The number of benzene rings is 1. The quantitative estimate of drug-likeness (QED) is 0.192. The number of methoxy groups -OCH3 is 1. The molecule has 0 unspecified atom stereocenters. The molecule has 0 radical (unpaired) electrons. The first kappa shape index (κ1) is 41.1. The monoisotopic (exact) mass is 791 g/mol. The summed E-state index contributed by atoms with van der Waals surface area (Å²) in [7, 11) is -6.89. The number of pyridine rings is 1. The number of nitrogens with one attached hydrogen (secondary N) is 1. The number of allylic oxidation sites excluding steroid dienone is 1. The van der Waals surface area contributed by atoms with Gasteiger partial charge in [-0.1, -0.05) is 6.08 Å². The summed E-state index contributed by atoms with van der Waals surface area (Å²) in [4.78, 5) is 61.4. The topological polar surface area (TPSA) is 202 Å². The Kier molecular flexibility index (Phi) is 11.3. The summed E-state index contributed by atoms with van der Waals surface area (Å²) < 4.78 is 73.8. The first-order valence-electron chi connectivity index (χ1n) is 17.7. The lowest BCUT2D eigenvalue weighted by molar-refractivity contribution is -0.159. The van der Waals surface area contributed by atoms with Crippen molar-refractivity contribution in [2.24, 2.45) is 17.3 Å². The van der Waals surface area contributed by atoms with E-state index in [-0.39, 0.29) is 25.3 Å². The SMILES string of the molecule is C=C[C@@H]1C[C@]1(CC(=O)[C@@H]1C[C@@H](Oc2nccc3cc(OC)ccc23)CN1C(=O)[C@@H](CC(=O)OC(C)(C)C)C(C)(C)S(C)(=O)=O)C(=O)NS(=O)(=O)OC1CC1. The van der Waals surface area contributed by atoms with E-state index >= 15 is 0 Å². The second-order valence-electron chi connectivity index (χ2n) is 15.9. The summed E-state index contributed by atoms with van der Waals surface area (Å²) in [6.07, 6.45) is 2.69. The molecule has 5 rings (SSSR count). The number of likely N-dealkylation sites (tertiary alicyclic amines) is 1. The molecular formula is C37H49N3O12S2. The molecule has 5 atom stereocenters. The number of sulfone groups is 1. The molecule has 3 aliphatic rings. The van der Waals surface area contributed by atoms with Crippen molar-refractivity contribution in [2.45, 2.75) is 102 Å². The number of ketones is 1. The highest BCUT2D eigenvalue weighted by molar-refractivity contribution is 7.92. The summed E-state index contributed by atoms with van der Waals surface area (Å²) in [5, 5.41) is 1.38. The average Bonchev–Trinajstić information content (AvgIpc) is 3.97. The molecule has 296 valence electrons. The van der Waals surface area contributed by atoms with Crippen LogP contribution in [0, 0.1) is 17.3 Å². The molecule has 1 aromatic carbocycles. The Morgan fingerprint density at radius 2 is 1.76 bits per heavy atom. The van der Waals surface area contributed by atoms with Crippen LogP contribution in [0.3, 0.4) is 0 Å². The molecule has 1 aromatic heterocycles. The highest BCUT2D eigenvalue weighted by Gasteiger charge is 2.61. The number of rotatable bonds is 16. The maximum atomic E-state index is 14.7. The predicted octanol–water partition coefficient (Wildman–Crippen LogP) is 3.45. The van der Waals surface area contributed by atoms with Gasteiger partial charge in [0.25, 0.3) is 0 Å². The van der Waals surface area contributed by atoms with Gasteiger partial charge >= 0.3 is 16.3 Å². The Bertz CT molecular complexity index is 2060. The third kappa shape index (κ3) is 9.05. The summed E-state index contributed by atoms with van der Waals surface area (Å²) in [6, 6.07) is 5.80. The van der Waals surface area contributed by atoms with Crippen LogP contribution in [0.5, 0.6) is 11.6 Å². The number of ether oxygens (including phenoxy) is 3. The standard InChI is InChI=1S/C37H49N3O12S2/c1-9-23-19-37(23,34(44)39-54(47,48)52-24-10-11-24)20-30(41)29-17-26(50-32-27-13-12-25(49-7)16-22(27)14-15-38-32)21-40(29)33(43)28(36(5,6)53(8,45)46)18-31(42)51-35(2,3)4/h9,12-16,23-24,26,28-29H,1,10-11,17-21H2,2-8H3,(H,39,44)/t23-,26-,28-,29+,37-/m1/s1. The van der Waals surface area contributed by atoms with E-state index < -0.39 is 102 Å². The van der Waals surface area contributed by atoms with E-state index in [2.05, 4.69) is 11.6 Å².